The first-order chi connectivity index (χ1) is 14.7. The minimum absolute atomic E-state index is 0.104. The fraction of sp³-hybridized carbons (Fsp3) is 0.190. The maximum absolute atomic E-state index is 13.5. The average Bonchev–Trinajstić information content (AvgIpc) is 3.16. The van der Waals surface area contributed by atoms with Crippen LogP contribution in [-0.2, 0) is 6.18 Å². The number of alkyl halides is 3. The van der Waals surface area contributed by atoms with Crippen molar-refractivity contribution in [3.63, 3.8) is 0 Å². The number of aromatic nitrogens is 2. The molecule has 0 aliphatic carbocycles. The van der Waals surface area contributed by atoms with E-state index in [1.807, 2.05) is 0 Å². The Bertz CT molecular complexity index is 1170. The molecule has 1 aliphatic rings. The van der Waals surface area contributed by atoms with E-state index in [4.69, 9.17) is 16.7 Å². The zero-order chi connectivity index (χ0) is 22.3. The number of ketones is 1. The lowest BCUT2D eigenvalue weighted by Crippen LogP contribution is -2.25. The third-order valence-electron chi connectivity index (χ3n) is 5.16. The van der Waals surface area contributed by atoms with Gasteiger partial charge in [0.25, 0.3) is 0 Å². The maximum Gasteiger partial charge on any atom is 0.417 e. The number of halogens is 4. The second kappa shape index (κ2) is 7.73. The molecule has 3 N–H and O–H groups in total. The van der Waals surface area contributed by atoms with Crippen LogP contribution in [0, 0.1) is 0 Å². The monoisotopic (exact) mass is 449 g/mol. The second-order valence-corrected chi connectivity index (χ2v) is 7.44. The zero-order valence-corrected chi connectivity index (χ0v) is 16.5. The third-order valence-corrected chi connectivity index (χ3v) is 5.48. The molecule has 2 heterocycles. The highest BCUT2D eigenvalue weighted by Crippen LogP contribution is 2.42. The van der Waals surface area contributed by atoms with Crippen LogP contribution in [0.1, 0.15) is 44.3 Å². The lowest BCUT2D eigenvalue weighted by molar-refractivity contribution is -0.137. The molecule has 0 fully saturated rings. The van der Waals surface area contributed by atoms with Crippen molar-refractivity contribution < 1.29 is 27.9 Å². The molecule has 160 valence electrons. The van der Waals surface area contributed by atoms with E-state index in [2.05, 4.69) is 15.5 Å². The minimum atomic E-state index is -4.73. The number of hydrogen-bond donors (Lipinski definition) is 3. The Hall–Kier alpha value is -3.33. The molecular formula is C21H15ClF3N3O3. The van der Waals surface area contributed by atoms with Crippen molar-refractivity contribution in [2.24, 2.45) is 0 Å². The Morgan fingerprint density at radius 2 is 1.84 bits per heavy atom. The first-order valence-corrected chi connectivity index (χ1v) is 9.62. The predicted octanol–water partition coefficient (Wildman–Crippen LogP) is 5.23. The van der Waals surface area contributed by atoms with Crippen molar-refractivity contribution in [1.82, 2.24) is 10.2 Å². The van der Waals surface area contributed by atoms with Gasteiger partial charge in [-0.3, -0.25) is 9.89 Å². The summed E-state index contributed by atoms with van der Waals surface area (Å²) >= 11 is 6.01. The maximum atomic E-state index is 13.5. The van der Waals surface area contributed by atoms with Gasteiger partial charge in [-0.05, 0) is 30.7 Å². The Labute approximate surface area is 179 Å². The van der Waals surface area contributed by atoms with Gasteiger partial charge in [0.1, 0.15) is 5.69 Å². The molecule has 0 spiro atoms. The number of carbonyl (C=O) groups excluding carboxylic acids is 1. The quantitative estimate of drug-likeness (QED) is 0.474. The molecule has 0 saturated carbocycles. The number of carboxylic acid groups (broad SMARTS) is 1. The van der Waals surface area contributed by atoms with E-state index >= 15 is 0 Å². The highest BCUT2D eigenvalue weighted by atomic mass is 35.5. The molecule has 3 aromatic rings. The van der Waals surface area contributed by atoms with Gasteiger partial charge in [-0.15, -0.1) is 0 Å². The van der Waals surface area contributed by atoms with E-state index in [1.54, 1.807) is 12.1 Å². The van der Waals surface area contributed by atoms with Crippen LogP contribution in [0.4, 0.5) is 18.9 Å². The van der Waals surface area contributed by atoms with Gasteiger partial charge in [-0.2, -0.15) is 18.3 Å². The standard InChI is InChI=1S/C21H15ClF3N3O3/c22-14-3-1-2-13(21(23,24)25)15(14)19(29)12-8-9-26-18-16(27-28-17(12)18)10-4-6-11(7-5-10)20(30)31/h1-7,12,26H,8-9H2,(H,27,28)(H,30,31). The molecule has 2 aromatic carbocycles. The summed E-state index contributed by atoms with van der Waals surface area (Å²) in [4.78, 5) is 24.2. The van der Waals surface area contributed by atoms with E-state index in [9.17, 15) is 22.8 Å². The van der Waals surface area contributed by atoms with E-state index < -0.39 is 35.0 Å². The number of aromatic amines is 1. The first kappa shape index (κ1) is 20.9. The van der Waals surface area contributed by atoms with Crippen LogP contribution >= 0.6 is 11.6 Å². The molecular weight excluding hydrogens is 435 g/mol. The Morgan fingerprint density at radius 1 is 1.13 bits per heavy atom. The van der Waals surface area contributed by atoms with Gasteiger partial charge in [0.05, 0.1) is 33.4 Å². The normalized spacial score (nSPS) is 15.8. The Kier molecular flexibility index (Phi) is 5.22. The highest BCUT2D eigenvalue weighted by molar-refractivity contribution is 6.34. The summed E-state index contributed by atoms with van der Waals surface area (Å²) in [5, 5.41) is 18.9. The van der Waals surface area contributed by atoms with Crippen LogP contribution in [0.25, 0.3) is 11.3 Å². The molecule has 0 saturated heterocycles. The summed E-state index contributed by atoms with van der Waals surface area (Å²) in [7, 11) is 0. The van der Waals surface area contributed by atoms with Gasteiger partial charge in [-0.25, -0.2) is 4.79 Å². The lowest BCUT2D eigenvalue weighted by atomic mass is 9.86. The van der Waals surface area contributed by atoms with E-state index in [-0.39, 0.29) is 17.0 Å². The molecule has 0 radical (unpaired) electrons. The Balaban J connectivity index is 1.74. The number of carbonyl (C=O) groups is 2. The summed E-state index contributed by atoms with van der Waals surface area (Å²) < 4.78 is 40.4. The summed E-state index contributed by atoms with van der Waals surface area (Å²) in [6.07, 6.45) is -4.47. The van der Waals surface area contributed by atoms with Crippen molar-refractivity contribution >= 4 is 29.0 Å². The number of fused-ring (bicyclic) bond motifs is 1. The smallest absolute Gasteiger partial charge is 0.417 e. The topological polar surface area (TPSA) is 95.1 Å². The number of nitrogens with one attached hydrogen (secondary N) is 2. The highest BCUT2D eigenvalue weighted by Gasteiger charge is 2.40. The van der Waals surface area contributed by atoms with E-state index in [1.165, 1.54) is 18.2 Å². The molecule has 1 aliphatic heterocycles. The van der Waals surface area contributed by atoms with Crippen LogP contribution in [0.5, 0.6) is 0 Å². The van der Waals surface area contributed by atoms with Crippen molar-refractivity contribution in [2.45, 2.75) is 18.5 Å². The van der Waals surface area contributed by atoms with Gasteiger partial charge >= 0.3 is 12.1 Å². The second-order valence-electron chi connectivity index (χ2n) is 7.04. The minimum Gasteiger partial charge on any atom is -0.478 e. The molecule has 1 aromatic heterocycles. The van der Waals surface area contributed by atoms with Crippen LogP contribution in [0.3, 0.4) is 0 Å². The fourth-order valence-corrected chi connectivity index (χ4v) is 3.97. The first-order valence-electron chi connectivity index (χ1n) is 9.24. The van der Waals surface area contributed by atoms with Crippen LogP contribution in [0.2, 0.25) is 5.02 Å². The predicted molar refractivity (Wildman–Crippen MR) is 108 cm³/mol. The van der Waals surface area contributed by atoms with Gasteiger partial charge in [0, 0.05) is 17.7 Å². The van der Waals surface area contributed by atoms with Crippen molar-refractivity contribution in [3.05, 3.63) is 69.9 Å². The van der Waals surface area contributed by atoms with Gasteiger partial charge in [0.2, 0.25) is 0 Å². The molecule has 6 nitrogen and oxygen atoms in total. The summed E-state index contributed by atoms with van der Waals surface area (Å²) in [5.41, 5.74) is 0.365. The summed E-state index contributed by atoms with van der Waals surface area (Å²) in [6.45, 7) is 0.342. The number of anilines is 1. The number of hydrogen-bond acceptors (Lipinski definition) is 4. The number of nitrogens with zero attached hydrogens (tertiary/aromatic N) is 1. The number of Topliss-reactive ketones (excluding diaryl/α,β-unsaturated/α-hetero) is 1. The van der Waals surface area contributed by atoms with Gasteiger partial charge in [-0.1, -0.05) is 29.8 Å². The largest absolute Gasteiger partial charge is 0.478 e. The SMILES string of the molecule is O=C(O)c1ccc(-c2n[nH]c3c2NCCC3C(=O)c2c(Cl)cccc2C(F)(F)F)cc1. The van der Waals surface area contributed by atoms with Crippen LogP contribution < -0.4 is 5.32 Å². The van der Waals surface area contributed by atoms with Gasteiger partial charge < -0.3 is 10.4 Å². The molecule has 4 rings (SSSR count). The van der Waals surface area contributed by atoms with Crippen LogP contribution in [-0.4, -0.2) is 33.6 Å². The van der Waals surface area contributed by atoms with E-state index in [0.717, 1.165) is 12.1 Å². The number of carboxylic acids is 1. The van der Waals surface area contributed by atoms with Gasteiger partial charge in [0.15, 0.2) is 5.78 Å². The van der Waals surface area contributed by atoms with Crippen molar-refractivity contribution in [3.8, 4) is 11.3 Å². The number of H-pyrrole nitrogens is 1. The Morgan fingerprint density at radius 3 is 2.48 bits per heavy atom. The summed E-state index contributed by atoms with van der Waals surface area (Å²) in [5.74, 6) is -2.70. The number of aromatic carboxylic acids is 1. The molecule has 10 heteroatoms. The molecule has 0 bridgehead atoms. The zero-order valence-electron chi connectivity index (χ0n) is 15.8. The van der Waals surface area contributed by atoms with Crippen molar-refractivity contribution in [2.75, 3.05) is 11.9 Å². The van der Waals surface area contributed by atoms with Crippen LogP contribution in [0.15, 0.2) is 42.5 Å². The van der Waals surface area contributed by atoms with Crippen molar-refractivity contribution in [1.29, 1.82) is 0 Å². The molecule has 0 amide bonds. The number of rotatable bonds is 4. The third kappa shape index (κ3) is 3.76. The lowest BCUT2D eigenvalue weighted by Gasteiger charge is -2.24. The van der Waals surface area contributed by atoms with E-state index in [0.29, 0.717) is 29.2 Å². The molecule has 31 heavy (non-hydrogen) atoms. The molecule has 1 atom stereocenters. The number of benzene rings is 2. The fourth-order valence-electron chi connectivity index (χ4n) is 3.70. The average molecular weight is 450 g/mol. The summed E-state index contributed by atoms with van der Waals surface area (Å²) in [6, 6.07) is 9.24. The molecule has 1 unspecified atom stereocenters.